The minimum absolute atomic E-state index is 0.00368. The largest absolute Gasteiger partial charge is 0.490 e. The number of anilines is 1. The number of nitrogens with one attached hydrogen (secondary N) is 1. The van der Waals surface area contributed by atoms with Crippen molar-refractivity contribution in [3.63, 3.8) is 0 Å². The average molecular weight is 291 g/mol. The van der Waals surface area contributed by atoms with E-state index in [1.54, 1.807) is 0 Å². The van der Waals surface area contributed by atoms with E-state index >= 15 is 0 Å². The Balaban J connectivity index is 2.33. The van der Waals surface area contributed by atoms with Crippen LogP contribution in [-0.4, -0.2) is 22.9 Å². The topological polar surface area (TPSA) is 94.4 Å². The summed E-state index contributed by atoms with van der Waals surface area (Å²) >= 11 is 0. The van der Waals surface area contributed by atoms with Crippen molar-refractivity contribution < 1.29 is 18.8 Å². The Bertz CT molecular complexity index is 688. The summed E-state index contributed by atoms with van der Waals surface area (Å²) in [6.07, 6.45) is 1.14. The summed E-state index contributed by atoms with van der Waals surface area (Å²) in [4.78, 5) is 25.8. The number of benzene rings is 1. The number of hydrogen-bond acceptors (Lipinski definition) is 5. The van der Waals surface area contributed by atoms with Gasteiger partial charge in [0.1, 0.15) is 0 Å². The number of carbonyl (C=O) groups is 1. The fourth-order valence-corrected chi connectivity index (χ4v) is 1.71. The molecule has 7 nitrogen and oxygen atoms in total. The molecule has 1 amide bonds. The zero-order chi connectivity index (χ0) is 15.4. The Morgan fingerprint density at radius 3 is 2.71 bits per heavy atom. The van der Waals surface area contributed by atoms with Crippen molar-refractivity contribution in [2.75, 3.05) is 12.4 Å². The quantitative estimate of drug-likeness (QED) is 0.530. The zero-order valence-electron chi connectivity index (χ0n) is 10.9. The number of ether oxygens (including phenoxy) is 1. The molecule has 0 aliphatic heterocycles. The number of halogens is 1. The molecular weight excluding hydrogens is 281 g/mol. The summed E-state index contributed by atoms with van der Waals surface area (Å²) in [6, 6.07) is 6.40. The van der Waals surface area contributed by atoms with Gasteiger partial charge >= 0.3 is 5.69 Å². The number of rotatable bonds is 4. The van der Waals surface area contributed by atoms with E-state index in [0.29, 0.717) is 0 Å². The van der Waals surface area contributed by atoms with Crippen molar-refractivity contribution in [2.24, 2.45) is 0 Å². The Morgan fingerprint density at radius 2 is 2.14 bits per heavy atom. The summed E-state index contributed by atoms with van der Waals surface area (Å²) in [7, 11) is 1.23. The Hall–Kier alpha value is -3.03. The molecule has 21 heavy (non-hydrogen) atoms. The number of methoxy groups -OCH3 is 1. The van der Waals surface area contributed by atoms with E-state index in [2.05, 4.69) is 10.3 Å². The highest BCUT2D eigenvalue weighted by molar-refractivity contribution is 6.06. The molecule has 0 spiro atoms. The zero-order valence-corrected chi connectivity index (χ0v) is 10.9. The molecule has 0 fully saturated rings. The second kappa shape index (κ2) is 5.95. The molecule has 0 saturated carbocycles. The van der Waals surface area contributed by atoms with Gasteiger partial charge in [-0.25, -0.2) is 4.98 Å². The third-order valence-corrected chi connectivity index (χ3v) is 2.62. The lowest BCUT2D eigenvalue weighted by molar-refractivity contribution is -0.385. The number of nitro groups is 1. The Labute approximate surface area is 118 Å². The lowest BCUT2D eigenvalue weighted by atomic mass is 10.1. The smallest absolute Gasteiger partial charge is 0.311 e. The van der Waals surface area contributed by atoms with E-state index in [1.165, 1.54) is 31.4 Å². The second-order valence-electron chi connectivity index (χ2n) is 3.94. The third kappa shape index (κ3) is 3.11. The fourth-order valence-electron chi connectivity index (χ4n) is 1.71. The first-order valence-electron chi connectivity index (χ1n) is 5.77. The van der Waals surface area contributed by atoms with Gasteiger partial charge in [-0.3, -0.25) is 14.9 Å². The van der Waals surface area contributed by atoms with Crippen LogP contribution in [0.1, 0.15) is 10.4 Å². The number of hydrogen-bond donors (Lipinski definition) is 1. The molecular formula is C13H10FN3O4. The van der Waals surface area contributed by atoms with Crippen LogP contribution in [0.25, 0.3) is 0 Å². The summed E-state index contributed by atoms with van der Waals surface area (Å²) < 4.78 is 17.6. The van der Waals surface area contributed by atoms with Gasteiger partial charge in [0, 0.05) is 6.07 Å². The van der Waals surface area contributed by atoms with Crippen LogP contribution in [0.15, 0.2) is 36.5 Å². The van der Waals surface area contributed by atoms with Crippen molar-refractivity contribution >= 4 is 17.3 Å². The predicted molar refractivity (Wildman–Crippen MR) is 71.8 cm³/mol. The fraction of sp³-hybridized carbons (Fsp3) is 0.0769. The van der Waals surface area contributed by atoms with Gasteiger partial charge in [0.05, 0.1) is 29.5 Å². The van der Waals surface area contributed by atoms with E-state index in [-0.39, 0.29) is 22.7 Å². The maximum absolute atomic E-state index is 12.7. The van der Waals surface area contributed by atoms with Gasteiger partial charge in [-0.05, 0) is 18.2 Å². The van der Waals surface area contributed by atoms with Crippen molar-refractivity contribution in [3.8, 4) is 5.75 Å². The number of pyridine rings is 1. The average Bonchev–Trinajstić information content (AvgIpc) is 2.48. The van der Waals surface area contributed by atoms with E-state index < -0.39 is 16.8 Å². The van der Waals surface area contributed by atoms with Gasteiger partial charge in [0.15, 0.2) is 0 Å². The summed E-state index contributed by atoms with van der Waals surface area (Å²) in [5, 5.41) is 13.3. The normalized spacial score (nSPS) is 10.0. The Morgan fingerprint density at radius 1 is 1.38 bits per heavy atom. The number of nitrogens with zero attached hydrogens (tertiary/aromatic N) is 2. The molecule has 2 rings (SSSR count). The molecule has 1 N–H and O–H groups in total. The van der Waals surface area contributed by atoms with Crippen LogP contribution in [-0.2, 0) is 0 Å². The molecule has 1 heterocycles. The van der Waals surface area contributed by atoms with Gasteiger partial charge in [0.25, 0.3) is 5.91 Å². The highest BCUT2D eigenvalue weighted by Gasteiger charge is 2.22. The number of para-hydroxylation sites is 1. The number of aromatic nitrogens is 1. The lowest BCUT2D eigenvalue weighted by Gasteiger charge is -2.09. The van der Waals surface area contributed by atoms with E-state index in [0.717, 1.165) is 12.3 Å². The van der Waals surface area contributed by atoms with Crippen LogP contribution in [0.4, 0.5) is 15.8 Å². The van der Waals surface area contributed by atoms with Crippen LogP contribution < -0.4 is 10.1 Å². The highest BCUT2D eigenvalue weighted by Crippen LogP contribution is 2.30. The maximum Gasteiger partial charge on any atom is 0.311 e. The van der Waals surface area contributed by atoms with Crippen LogP contribution in [0.5, 0.6) is 5.75 Å². The second-order valence-corrected chi connectivity index (χ2v) is 3.94. The molecule has 1 aromatic heterocycles. The van der Waals surface area contributed by atoms with Gasteiger partial charge in [0.2, 0.25) is 11.7 Å². The van der Waals surface area contributed by atoms with Gasteiger partial charge in [-0.1, -0.05) is 6.07 Å². The summed E-state index contributed by atoms with van der Waals surface area (Å²) in [6.45, 7) is 0. The van der Waals surface area contributed by atoms with Crippen LogP contribution >= 0.6 is 0 Å². The van der Waals surface area contributed by atoms with E-state index in [1.807, 2.05) is 0 Å². The van der Waals surface area contributed by atoms with Crippen LogP contribution in [0.2, 0.25) is 0 Å². The number of nitro benzene ring substituents is 1. The van der Waals surface area contributed by atoms with Crippen molar-refractivity contribution in [3.05, 3.63) is 58.2 Å². The predicted octanol–water partition coefficient (Wildman–Crippen LogP) is 2.39. The first-order valence-corrected chi connectivity index (χ1v) is 5.77. The van der Waals surface area contributed by atoms with Crippen molar-refractivity contribution in [1.82, 2.24) is 4.98 Å². The highest BCUT2D eigenvalue weighted by atomic mass is 19.1. The van der Waals surface area contributed by atoms with Gasteiger partial charge in [-0.15, -0.1) is 0 Å². The van der Waals surface area contributed by atoms with E-state index in [9.17, 15) is 19.3 Å². The summed E-state index contributed by atoms with van der Waals surface area (Å²) in [5.74, 6) is -1.44. The first kappa shape index (κ1) is 14.4. The molecule has 2 aromatic rings. The molecule has 0 atom stereocenters. The standard InChI is InChI=1S/C13H10FN3O4/c1-21-12-9(3-2-4-10(12)17(19)20)13(18)16-8-5-6-11(14)15-7-8/h2-7H,1H3,(H,16,18). The molecule has 0 aliphatic carbocycles. The SMILES string of the molecule is COc1c(C(=O)Nc2ccc(F)nc2)cccc1[N+](=O)[O-]. The first-order chi connectivity index (χ1) is 10.0. The maximum atomic E-state index is 12.7. The molecule has 0 bridgehead atoms. The van der Waals surface area contributed by atoms with Crippen LogP contribution in [0.3, 0.4) is 0 Å². The molecule has 0 aliphatic rings. The molecule has 1 aromatic carbocycles. The summed E-state index contributed by atoms with van der Waals surface area (Å²) in [5.41, 5.74) is -0.0617. The Kier molecular flexibility index (Phi) is 4.07. The molecule has 0 saturated heterocycles. The molecule has 0 unspecified atom stereocenters. The molecule has 8 heteroatoms. The molecule has 0 radical (unpaired) electrons. The van der Waals surface area contributed by atoms with E-state index in [4.69, 9.17) is 4.74 Å². The number of carbonyl (C=O) groups excluding carboxylic acids is 1. The minimum Gasteiger partial charge on any atom is -0.490 e. The third-order valence-electron chi connectivity index (χ3n) is 2.62. The number of amides is 1. The van der Waals surface area contributed by atoms with Gasteiger partial charge < -0.3 is 10.1 Å². The lowest BCUT2D eigenvalue weighted by Crippen LogP contribution is -2.14. The minimum atomic E-state index is -0.680. The van der Waals surface area contributed by atoms with Crippen LogP contribution in [0, 0.1) is 16.1 Å². The molecule has 108 valence electrons. The van der Waals surface area contributed by atoms with Crippen molar-refractivity contribution in [1.29, 1.82) is 0 Å². The van der Waals surface area contributed by atoms with Gasteiger partial charge in [-0.2, -0.15) is 4.39 Å². The monoisotopic (exact) mass is 291 g/mol. The van der Waals surface area contributed by atoms with Crippen molar-refractivity contribution in [2.45, 2.75) is 0 Å².